The van der Waals surface area contributed by atoms with Crippen LogP contribution in [-0.4, -0.2) is 17.0 Å². The Kier molecular flexibility index (Phi) is 4.31. The van der Waals surface area contributed by atoms with E-state index in [-0.39, 0.29) is 11.5 Å². The highest BCUT2D eigenvalue weighted by molar-refractivity contribution is 5.85. The van der Waals surface area contributed by atoms with Crippen molar-refractivity contribution in [2.75, 3.05) is 12.3 Å². The van der Waals surface area contributed by atoms with Crippen molar-refractivity contribution in [1.29, 1.82) is 0 Å². The number of nitrogens with two attached hydrogens (primary N) is 1. The summed E-state index contributed by atoms with van der Waals surface area (Å²) in [5.74, 6) is 0.450. The molecule has 3 N–H and O–H groups in total. The first-order valence-electron chi connectivity index (χ1n) is 7.09. The molecule has 1 heterocycles. The molecule has 0 aliphatic heterocycles. The standard InChI is InChI=1S/C16H21N3O2/c1-10(2)9-18-15(20)11(3)19-14(17)8-12-6-4-5-7-13(12)16(19)21/h4-8,10-11H,9,17H2,1-3H3,(H,18,20). The van der Waals surface area contributed by atoms with E-state index in [1.807, 2.05) is 26.0 Å². The maximum atomic E-state index is 12.5. The number of amides is 1. The van der Waals surface area contributed by atoms with Gasteiger partial charge in [0, 0.05) is 11.9 Å². The fraction of sp³-hybridized carbons (Fsp3) is 0.375. The zero-order valence-electron chi connectivity index (χ0n) is 12.6. The summed E-state index contributed by atoms with van der Waals surface area (Å²) >= 11 is 0. The van der Waals surface area contributed by atoms with E-state index >= 15 is 0 Å². The number of hydrogen-bond acceptors (Lipinski definition) is 3. The Hall–Kier alpha value is -2.30. The largest absolute Gasteiger partial charge is 0.385 e. The van der Waals surface area contributed by atoms with E-state index in [1.165, 1.54) is 4.57 Å². The van der Waals surface area contributed by atoms with Gasteiger partial charge in [-0.15, -0.1) is 0 Å². The molecule has 2 aromatic rings. The van der Waals surface area contributed by atoms with Crippen molar-refractivity contribution >= 4 is 22.5 Å². The average molecular weight is 287 g/mol. The fourth-order valence-corrected chi connectivity index (χ4v) is 2.26. The van der Waals surface area contributed by atoms with Crippen molar-refractivity contribution < 1.29 is 4.79 Å². The number of benzene rings is 1. The van der Waals surface area contributed by atoms with Gasteiger partial charge in [0.1, 0.15) is 11.9 Å². The van der Waals surface area contributed by atoms with E-state index in [1.54, 1.807) is 25.1 Å². The Morgan fingerprint density at radius 3 is 2.62 bits per heavy atom. The van der Waals surface area contributed by atoms with E-state index in [9.17, 15) is 9.59 Å². The second kappa shape index (κ2) is 5.99. The minimum Gasteiger partial charge on any atom is -0.385 e. The third-order valence-electron chi connectivity index (χ3n) is 3.44. The number of anilines is 1. The number of rotatable bonds is 4. The van der Waals surface area contributed by atoms with Crippen LogP contribution in [0.4, 0.5) is 5.82 Å². The van der Waals surface area contributed by atoms with Crippen LogP contribution in [0.3, 0.4) is 0 Å². The smallest absolute Gasteiger partial charge is 0.260 e. The predicted octanol–water partition coefficient (Wildman–Crippen LogP) is 1.92. The van der Waals surface area contributed by atoms with E-state index < -0.39 is 6.04 Å². The summed E-state index contributed by atoms with van der Waals surface area (Å²) in [5.41, 5.74) is 5.73. The monoisotopic (exact) mass is 287 g/mol. The summed E-state index contributed by atoms with van der Waals surface area (Å²) in [6, 6.07) is 8.31. The summed E-state index contributed by atoms with van der Waals surface area (Å²) in [5, 5.41) is 4.18. The first kappa shape index (κ1) is 15.1. The molecule has 0 saturated carbocycles. The lowest BCUT2D eigenvalue weighted by Crippen LogP contribution is -2.38. The van der Waals surface area contributed by atoms with E-state index in [4.69, 9.17) is 5.73 Å². The van der Waals surface area contributed by atoms with Crippen molar-refractivity contribution in [3.63, 3.8) is 0 Å². The number of nitrogen functional groups attached to an aromatic ring is 1. The van der Waals surface area contributed by atoms with Gasteiger partial charge >= 0.3 is 0 Å². The summed E-state index contributed by atoms with van der Waals surface area (Å²) in [6.45, 7) is 6.29. The number of aromatic nitrogens is 1. The van der Waals surface area contributed by atoms with Gasteiger partial charge in [0.05, 0.1) is 0 Å². The number of nitrogens with one attached hydrogen (secondary N) is 1. The lowest BCUT2D eigenvalue weighted by molar-refractivity contribution is -0.124. The van der Waals surface area contributed by atoms with E-state index in [0.29, 0.717) is 23.7 Å². The second-order valence-corrected chi connectivity index (χ2v) is 5.65. The molecule has 0 aliphatic carbocycles. The maximum absolute atomic E-state index is 12.5. The van der Waals surface area contributed by atoms with Gasteiger partial charge in [-0.05, 0) is 30.4 Å². The fourth-order valence-electron chi connectivity index (χ4n) is 2.26. The van der Waals surface area contributed by atoms with Crippen LogP contribution in [0.1, 0.15) is 26.8 Å². The van der Waals surface area contributed by atoms with Gasteiger partial charge in [-0.3, -0.25) is 14.2 Å². The molecule has 1 aromatic carbocycles. The van der Waals surface area contributed by atoms with Crippen LogP contribution >= 0.6 is 0 Å². The molecule has 5 heteroatoms. The Labute approximate surface area is 123 Å². The molecule has 21 heavy (non-hydrogen) atoms. The van der Waals surface area contributed by atoms with E-state index in [2.05, 4.69) is 5.32 Å². The molecule has 2 rings (SSSR count). The summed E-state index contributed by atoms with van der Waals surface area (Å²) < 4.78 is 1.35. The van der Waals surface area contributed by atoms with Crippen molar-refractivity contribution in [2.24, 2.45) is 5.92 Å². The van der Waals surface area contributed by atoms with Gasteiger partial charge in [-0.2, -0.15) is 0 Å². The lowest BCUT2D eigenvalue weighted by atomic mass is 10.1. The number of fused-ring (bicyclic) bond motifs is 1. The normalized spacial score (nSPS) is 12.6. The molecule has 1 unspecified atom stereocenters. The Balaban J connectivity index is 2.41. The van der Waals surface area contributed by atoms with Gasteiger partial charge in [0.2, 0.25) is 5.91 Å². The average Bonchev–Trinajstić information content (AvgIpc) is 2.44. The molecule has 0 saturated heterocycles. The van der Waals surface area contributed by atoms with Gasteiger partial charge < -0.3 is 11.1 Å². The minimum absolute atomic E-state index is 0.201. The minimum atomic E-state index is -0.638. The van der Waals surface area contributed by atoms with E-state index in [0.717, 1.165) is 5.39 Å². The highest BCUT2D eigenvalue weighted by Crippen LogP contribution is 2.17. The number of hydrogen-bond donors (Lipinski definition) is 2. The first-order valence-corrected chi connectivity index (χ1v) is 7.09. The molecule has 0 aliphatic rings. The van der Waals surface area contributed by atoms with Crippen molar-refractivity contribution in [3.8, 4) is 0 Å². The number of pyridine rings is 1. The Bertz CT molecular complexity index is 719. The van der Waals surface area contributed by atoms with Crippen LogP contribution in [0.15, 0.2) is 35.1 Å². The van der Waals surface area contributed by atoms with Gasteiger partial charge in [0.15, 0.2) is 0 Å². The molecule has 112 valence electrons. The lowest BCUT2D eigenvalue weighted by Gasteiger charge is -2.19. The quantitative estimate of drug-likeness (QED) is 0.902. The number of nitrogens with zero attached hydrogens (tertiary/aromatic N) is 1. The molecule has 5 nitrogen and oxygen atoms in total. The molecule has 0 spiro atoms. The SMILES string of the molecule is CC(C)CNC(=O)C(C)n1c(N)cc2ccccc2c1=O. The van der Waals surface area contributed by atoms with Gasteiger partial charge in [0.25, 0.3) is 5.56 Å². The molecule has 0 radical (unpaired) electrons. The van der Waals surface area contributed by atoms with Crippen molar-refractivity contribution in [3.05, 3.63) is 40.7 Å². The Morgan fingerprint density at radius 2 is 1.95 bits per heavy atom. The zero-order chi connectivity index (χ0) is 15.6. The molecule has 1 atom stereocenters. The Morgan fingerprint density at radius 1 is 1.29 bits per heavy atom. The number of carbonyl (C=O) groups excluding carboxylic acids is 1. The molecule has 0 bridgehead atoms. The highest BCUT2D eigenvalue weighted by atomic mass is 16.2. The van der Waals surface area contributed by atoms with Crippen molar-refractivity contribution in [2.45, 2.75) is 26.8 Å². The van der Waals surface area contributed by atoms with Crippen LogP contribution < -0.4 is 16.6 Å². The van der Waals surface area contributed by atoms with Crippen LogP contribution in [-0.2, 0) is 4.79 Å². The van der Waals surface area contributed by atoms with Crippen LogP contribution in [0.2, 0.25) is 0 Å². The zero-order valence-corrected chi connectivity index (χ0v) is 12.6. The molecule has 0 fully saturated rings. The third-order valence-corrected chi connectivity index (χ3v) is 3.44. The van der Waals surface area contributed by atoms with Crippen LogP contribution in [0, 0.1) is 5.92 Å². The summed E-state index contributed by atoms with van der Waals surface area (Å²) in [4.78, 5) is 24.7. The molecular formula is C16H21N3O2. The topological polar surface area (TPSA) is 77.1 Å². The number of carbonyl (C=O) groups is 1. The third kappa shape index (κ3) is 3.07. The predicted molar refractivity (Wildman–Crippen MR) is 85.2 cm³/mol. The van der Waals surface area contributed by atoms with Gasteiger partial charge in [-0.25, -0.2) is 0 Å². The molecule has 1 amide bonds. The summed E-state index contributed by atoms with van der Waals surface area (Å²) in [7, 11) is 0. The molecular weight excluding hydrogens is 266 g/mol. The summed E-state index contributed by atoms with van der Waals surface area (Å²) in [6.07, 6.45) is 0. The highest BCUT2D eigenvalue weighted by Gasteiger charge is 2.19. The maximum Gasteiger partial charge on any atom is 0.260 e. The molecule has 1 aromatic heterocycles. The van der Waals surface area contributed by atoms with Crippen LogP contribution in [0.5, 0.6) is 0 Å². The van der Waals surface area contributed by atoms with Gasteiger partial charge in [-0.1, -0.05) is 32.0 Å². The second-order valence-electron chi connectivity index (χ2n) is 5.65. The van der Waals surface area contributed by atoms with Crippen molar-refractivity contribution in [1.82, 2.24) is 9.88 Å². The first-order chi connectivity index (χ1) is 9.91. The van der Waals surface area contributed by atoms with Crippen LogP contribution in [0.25, 0.3) is 10.8 Å².